The van der Waals surface area contributed by atoms with Gasteiger partial charge >= 0.3 is 10.2 Å². The SMILES string of the molecule is CC1(C)O[C@H]2O[C@H]([C@H]3COC(C)(C)O3)[C@H](Oc3cccc4c3C(N)=NS(=O)(=O)N4)[C@H]2O1. The lowest BCUT2D eigenvalue weighted by Crippen LogP contribution is -2.46. The number of nitrogens with one attached hydrogen (secondary N) is 1. The van der Waals surface area contributed by atoms with E-state index in [4.69, 9.17) is 34.2 Å². The van der Waals surface area contributed by atoms with Gasteiger partial charge in [-0.3, -0.25) is 4.72 Å². The molecule has 31 heavy (non-hydrogen) atoms. The fourth-order valence-corrected chi connectivity index (χ4v) is 5.12. The second-order valence-corrected chi connectivity index (χ2v) is 10.1. The van der Waals surface area contributed by atoms with E-state index < -0.39 is 52.5 Å². The van der Waals surface area contributed by atoms with Crippen LogP contribution in [0.2, 0.25) is 0 Å². The van der Waals surface area contributed by atoms with Crippen LogP contribution in [0.3, 0.4) is 0 Å². The van der Waals surface area contributed by atoms with Gasteiger partial charge in [-0.2, -0.15) is 8.42 Å². The molecular weight excluding hydrogens is 430 g/mol. The molecule has 0 saturated carbocycles. The van der Waals surface area contributed by atoms with Crippen molar-refractivity contribution in [3.8, 4) is 5.75 Å². The van der Waals surface area contributed by atoms with Crippen molar-refractivity contribution >= 4 is 21.7 Å². The van der Waals surface area contributed by atoms with Gasteiger partial charge in [0, 0.05) is 0 Å². The number of ether oxygens (including phenoxy) is 6. The molecule has 1 aromatic rings. The first-order valence-electron chi connectivity index (χ1n) is 9.94. The lowest BCUT2D eigenvalue weighted by molar-refractivity contribution is -0.230. The topological polar surface area (TPSA) is 140 Å². The Morgan fingerprint density at radius 3 is 2.61 bits per heavy atom. The summed E-state index contributed by atoms with van der Waals surface area (Å²) in [5.74, 6) is -1.42. The maximum absolute atomic E-state index is 11.9. The standard InChI is InChI=1S/C19H25N3O8S/c1-18(2)25-8-11(28-18)13-14(15-17(27-13)30-19(3,4)29-15)26-10-7-5-6-9-12(10)16(20)22-31(23,24)21-9/h5-7,11,13-15,17,21H,8H2,1-4H3,(H2,20,22)/t11-,13-,14+,15-,17-/m1/s1. The molecule has 4 heterocycles. The Balaban J connectivity index is 1.49. The molecule has 4 aliphatic rings. The van der Waals surface area contributed by atoms with Crippen LogP contribution in [0.4, 0.5) is 5.69 Å². The minimum absolute atomic E-state index is 0.165. The number of hydrogen-bond acceptors (Lipinski definition) is 9. The van der Waals surface area contributed by atoms with E-state index in [0.29, 0.717) is 17.9 Å². The molecule has 11 nitrogen and oxygen atoms in total. The van der Waals surface area contributed by atoms with Crippen molar-refractivity contribution in [3.63, 3.8) is 0 Å². The molecule has 3 N–H and O–H groups in total. The molecule has 3 saturated heterocycles. The summed E-state index contributed by atoms with van der Waals surface area (Å²) in [6.45, 7) is 7.56. The van der Waals surface area contributed by atoms with E-state index in [1.807, 2.05) is 13.8 Å². The van der Waals surface area contributed by atoms with Crippen molar-refractivity contribution in [1.29, 1.82) is 0 Å². The van der Waals surface area contributed by atoms with Crippen LogP contribution in [-0.4, -0.2) is 63.1 Å². The molecule has 0 spiro atoms. The van der Waals surface area contributed by atoms with Crippen molar-refractivity contribution in [1.82, 2.24) is 0 Å². The summed E-state index contributed by atoms with van der Waals surface area (Å²) in [4.78, 5) is 0. The molecule has 4 aliphatic heterocycles. The van der Waals surface area contributed by atoms with E-state index in [1.54, 1.807) is 32.0 Å². The van der Waals surface area contributed by atoms with E-state index in [-0.39, 0.29) is 11.5 Å². The monoisotopic (exact) mass is 455 g/mol. The highest BCUT2D eigenvalue weighted by Crippen LogP contribution is 2.43. The molecule has 5 atom stereocenters. The molecule has 0 amide bonds. The van der Waals surface area contributed by atoms with Crippen molar-refractivity contribution in [2.45, 2.75) is 70.0 Å². The van der Waals surface area contributed by atoms with Crippen molar-refractivity contribution in [2.75, 3.05) is 11.3 Å². The van der Waals surface area contributed by atoms with Crippen molar-refractivity contribution in [3.05, 3.63) is 23.8 Å². The van der Waals surface area contributed by atoms with Gasteiger partial charge in [-0.1, -0.05) is 6.07 Å². The number of nitrogens with two attached hydrogens (primary N) is 1. The zero-order chi connectivity index (χ0) is 22.2. The zero-order valence-electron chi connectivity index (χ0n) is 17.5. The van der Waals surface area contributed by atoms with Crippen LogP contribution < -0.4 is 15.2 Å². The van der Waals surface area contributed by atoms with E-state index in [2.05, 4.69) is 9.12 Å². The predicted octanol–water partition coefficient (Wildman–Crippen LogP) is 0.838. The van der Waals surface area contributed by atoms with Gasteiger partial charge in [0.15, 0.2) is 35.9 Å². The number of rotatable bonds is 3. The Hall–Kier alpha value is -1.96. The van der Waals surface area contributed by atoms with Gasteiger partial charge in [-0.05, 0) is 39.8 Å². The molecule has 0 radical (unpaired) electrons. The van der Waals surface area contributed by atoms with Crippen LogP contribution in [0.25, 0.3) is 0 Å². The van der Waals surface area contributed by atoms with Crippen LogP contribution in [0.15, 0.2) is 22.6 Å². The first-order valence-corrected chi connectivity index (χ1v) is 11.4. The fraction of sp³-hybridized carbons (Fsp3) is 0.632. The summed E-state index contributed by atoms with van der Waals surface area (Å²) in [5.41, 5.74) is 6.59. The molecule has 170 valence electrons. The van der Waals surface area contributed by atoms with Gasteiger partial charge in [-0.15, -0.1) is 4.40 Å². The molecule has 0 aliphatic carbocycles. The minimum atomic E-state index is -3.90. The smallest absolute Gasteiger partial charge is 0.344 e. The summed E-state index contributed by atoms with van der Waals surface area (Å²) in [6.07, 6.45) is -2.79. The average Bonchev–Trinajstić information content (AvgIpc) is 3.23. The van der Waals surface area contributed by atoms with Gasteiger partial charge in [0.05, 0.1) is 17.9 Å². The summed E-state index contributed by atoms with van der Waals surface area (Å²) in [5, 5.41) is 0. The summed E-state index contributed by atoms with van der Waals surface area (Å²) >= 11 is 0. The number of fused-ring (bicyclic) bond motifs is 2. The molecule has 0 bridgehead atoms. The Morgan fingerprint density at radius 1 is 1.13 bits per heavy atom. The van der Waals surface area contributed by atoms with Crippen LogP contribution in [-0.2, 0) is 33.9 Å². The number of benzene rings is 1. The van der Waals surface area contributed by atoms with Crippen LogP contribution >= 0.6 is 0 Å². The Labute approximate surface area is 180 Å². The van der Waals surface area contributed by atoms with Crippen molar-refractivity contribution < 1.29 is 36.8 Å². The zero-order valence-corrected chi connectivity index (χ0v) is 18.3. The maximum Gasteiger partial charge on any atom is 0.344 e. The van der Waals surface area contributed by atoms with Crippen molar-refractivity contribution in [2.24, 2.45) is 10.1 Å². The molecule has 0 unspecified atom stereocenters. The van der Waals surface area contributed by atoms with E-state index in [9.17, 15) is 8.42 Å². The van der Waals surface area contributed by atoms with Gasteiger partial charge in [0.1, 0.15) is 18.0 Å². The molecular formula is C19H25N3O8S. The Bertz CT molecular complexity index is 1040. The minimum Gasteiger partial charge on any atom is -0.484 e. The molecule has 5 rings (SSSR count). The Kier molecular flexibility index (Phi) is 4.57. The second-order valence-electron chi connectivity index (χ2n) is 8.75. The summed E-state index contributed by atoms with van der Waals surface area (Å²) in [6, 6.07) is 4.93. The molecule has 12 heteroatoms. The van der Waals surface area contributed by atoms with Gasteiger partial charge < -0.3 is 34.2 Å². The maximum atomic E-state index is 11.9. The largest absolute Gasteiger partial charge is 0.484 e. The number of hydrogen-bond donors (Lipinski definition) is 2. The summed E-state index contributed by atoms with van der Waals surface area (Å²) < 4.78 is 65.8. The van der Waals surface area contributed by atoms with Crippen LogP contribution in [0, 0.1) is 0 Å². The third-order valence-corrected chi connectivity index (χ3v) is 6.34. The molecule has 3 fully saturated rings. The highest BCUT2D eigenvalue weighted by atomic mass is 32.2. The lowest BCUT2D eigenvalue weighted by Gasteiger charge is -2.30. The number of anilines is 1. The van der Waals surface area contributed by atoms with Gasteiger partial charge in [0.25, 0.3) is 0 Å². The Morgan fingerprint density at radius 2 is 1.90 bits per heavy atom. The number of nitrogens with zero attached hydrogens (tertiary/aromatic N) is 1. The molecule has 1 aromatic carbocycles. The van der Waals surface area contributed by atoms with E-state index >= 15 is 0 Å². The third kappa shape index (κ3) is 3.77. The van der Waals surface area contributed by atoms with Gasteiger partial charge in [0.2, 0.25) is 0 Å². The predicted molar refractivity (Wildman–Crippen MR) is 108 cm³/mol. The highest BCUT2D eigenvalue weighted by Gasteiger charge is 2.59. The highest BCUT2D eigenvalue weighted by molar-refractivity contribution is 7.91. The number of amidine groups is 1. The average molecular weight is 455 g/mol. The quantitative estimate of drug-likeness (QED) is 0.678. The van der Waals surface area contributed by atoms with E-state index in [0.717, 1.165) is 0 Å². The van der Waals surface area contributed by atoms with Crippen LogP contribution in [0.5, 0.6) is 5.75 Å². The third-order valence-electron chi connectivity index (χ3n) is 5.43. The summed E-state index contributed by atoms with van der Waals surface area (Å²) in [7, 11) is -3.90. The first-order chi connectivity index (χ1) is 14.4. The van der Waals surface area contributed by atoms with E-state index in [1.165, 1.54) is 0 Å². The normalized spacial score (nSPS) is 36.9. The fourth-order valence-electron chi connectivity index (χ4n) is 4.28. The second kappa shape index (κ2) is 6.77. The first kappa shape index (κ1) is 20.9. The van der Waals surface area contributed by atoms with Gasteiger partial charge in [-0.25, -0.2) is 0 Å². The van der Waals surface area contributed by atoms with Crippen LogP contribution in [0.1, 0.15) is 33.3 Å². The lowest BCUT2D eigenvalue weighted by atomic mass is 10.0. The molecule has 0 aromatic heterocycles.